The van der Waals surface area contributed by atoms with Gasteiger partial charge in [0.1, 0.15) is 6.04 Å². The van der Waals surface area contributed by atoms with Gasteiger partial charge in [0.2, 0.25) is 0 Å². The quantitative estimate of drug-likeness (QED) is 0.348. The monoisotopic (exact) mass is 531 g/mol. The summed E-state index contributed by atoms with van der Waals surface area (Å²) in [7, 11) is 0. The summed E-state index contributed by atoms with van der Waals surface area (Å²) >= 11 is 1.45. The van der Waals surface area contributed by atoms with E-state index in [4.69, 9.17) is 0 Å². The SMILES string of the molecule is CSCC[C@H](NC(=O)c1ccc(NC(=O)c2cnccc2C(F)(F)F)cc1-c1ccccc1C)C(=O)O. The van der Waals surface area contributed by atoms with Gasteiger partial charge >= 0.3 is 12.1 Å². The van der Waals surface area contributed by atoms with Crippen LogP contribution in [0, 0.1) is 6.92 Å². The first-order valence-corrected chi connectivity index (χ1v) is 12.5. The molecule has 1 aromatic heterocycles. The number of benzene rings is 2. The minimum Gasteiger partial charge on any atom is -0.480 e. The van der Waals surface area contributed by atoms with Crippen molar-refractivity contribution in [2.24, 2.45) is 0 Å². The van der Waals surface area contributed by atoms with E-state index in [0.717, 1.165) is 24.0 Å². The summed E-state index contributed by atoms with van der Waals surface area (Å²) < 4.78 is 40.1. The lowest BCUT2D eigenvalue weighted by Crippen LogP contribution is -2.41. The van der Waals surface area contributed by atoms with Crippen LogP contribution in [0.5, 0.6) is 0 Å². The van der Waals surface area contributed by atoms with Crippen LogP contribution in [-0.2, 0) is 11.0 Å². The fourth-order valence-corrected chi connectivity index (χ4v) is 4.14. The van der Waals surface area contributed by atoms with Gasteiger partial charge < -0.3 is 15.7 Å². The van der Waals surface area contributed by atoms with E-state index in [1.54, 1.807) is 18.2 Å². The van der Waals surface area contributed by atoms with Gasteiger partial charge in [-0.15, -0.1) is 0 Å². The predicted molar refractivity (Wildman–Crippen MR) is 136 cm³/mol. The fraction of sp³-hybridized carbons (Fsp3) is 0.231. The van der Waals surface area contributed by atoms with E-state index in [1.165, 1.54) is 30.0 Å². The molecule has 1 heterocycles. The average molecular weight is 532 g/mol. The molecule has 0 unspecified atom stereocenters. The van der Waals surface area contributed by atoms with Crippen LogP contribution in [0.15, 0.2) is 60.9 Å². The normalized spacial score (nSPS) is 12.0. The van der Waals surface area contributed by atoms with Crippen LogP contribution in [0.2, 0.25) is 0 Å². The van der Waals surface area contributed by atoms with E-state index in [0.29, 0.717) is 16.9 Å². The van der Waals surface area contributed by atoms with Gasteiger partial charge in [-0.1, -0.05) is 24.3 Å². The highest BCUT2D eigenvalue weighted by Crippen LogP contribution is 2.33. The molecular formula is C26H24F3N3O4S. The summed E-state index contributed by atoms with van der Waals surface area (Å²) in [6, 6.07) is 11.0. The number of halogens is 3. The number of nitrogens with zero attached hydrogens (tertiary/aromatic N) is 1. The molecule has 3 aromatic rings. The number of aryl methyl sites for hydroxylation is 1. The van der Waals surface area contributed by atoms with E-state index >= 15 is 0 Å². The number of hydrogen-bond donors (Lipinski definition) is 3. The predicted octanol–water partition coefficient (Wildman–Crippen LogP) is 5.26. The lowest BCUT2D eigenvalue weighted by molar-refractivity contribution is -0.139. The molecule has 0 saturated carbocycles. The number of thioether (sulfide) groups is 1. The van der Waals surface area contributed by atoms with Crippen LogP contribution < -0.4 is 10.6 Å². The maximum atomic E-state index is 13.4. The molecule has 0 aliphatic carbocycles. The molecular weight excluding hydrogens is 507 g/mol. The number of carbonyl (C=O) groups excluding carboxylic acids is 2. The standard InChI is InChI=1S/C26H24F3N3O4S/c1-15-5-3-4-6-17(15)19-13-16(31-24(34)20-14-30-11-9-21(20)26(27,28)29)7-8-18(19)23(33)32-22(25(35)36)10-12-37-2/h3-9,11,13-14,22H,10,12H2,1-2H3,(H,31,34)(H,32,33)(H,35,36)/t22-/m0/s1. The molecule has 0 spiro atoms. The summed E-state index contributed by atoms with van der Waals surface area (Å²) in [5.74, 6) is -2.28. The molecule has 37 heavy (non-hydrogen) atoms. The first-order chi connectivity index (χ1) is 17.5. The highest BCUT2D eigenvalue weighted by Gasteiger charge is 2.35. The molecule has 11 heteroatoms. The largest absolute Gasteiger partial charge is 0.480 e. The van der Waals surface area contributed by atoms with Crippen molar-refractivity contribution >= 4 is 35.2 Å². The number of aliphatic carboxylic acids is 1. The van der Waals surface area contributed by atoms with Crippen molar-refractivity contribution in [2.75, 3.05) is 17.3 Å². The number of aromatic nitrogens is 1. The van der Waals surface area contributed by atoms with Crippen molar-refractivity contribution in [2.45, 2.75) is 25.6 Å². The van der Waals surface area contributed by atoms with Gasteiger partial charge in [0.25, 0.3) is 11.8 Å². The molecule has 0 aliphatic rings. The Morgan fingerprint density at radius 1 is 1.03 bits per heavy atom. The van der Waals surface area contributed by atoms with E-state index in [2.05, 4.69) is 15.6 Å². The number of carboxylic acids is 1. The fourth-order valence-electron chi connectivity index (χ4n) is 3.67. The second-order valence-electron chi connectivity index (χ2n) is 8.09. The molecule has 0 saturated heterocycles. The third kappa shape index (κ3) is 6.88. The lowest BCUT2D eigenvalue weighted by atomic mass is 9.94. The van der Waals surface area contributed by atoms with Gasteiger partial charge in [-0.25, -0.2) is 4.79 Å². The zero-order valence-corrected chi connectivity index (χ0v) is 20.7. The number of nitrogens with one attached hydrogen (secondary N) is 2. The van der Waals surface area contributed by atoms with Gasteiger partial charge in [-0.3, -0.25) is 14.6 Å². The highest BCUT2D eigenvalue weighted by atomic mass is 32.2. The molecule has 0 fully saturated rings. The molecule has 3 rings (SSSR count). The number of carboxylic acid groups (broad SMARTS) is 1. The Labute approximate surface area is 215 Å². The third-order valence-corrected chi connectivity index (χ3v) is 6.19. The Hall–Kier alpha value is -3.86. The number of pyridine rings is 1. The van der Waals surface area contributed by atoms with Crippen molar-refractivity contribution in [1.82, 2.24) is 10.3 Å². The number of amides is 2. The molecule has 7 nitrogen and oxygen atoms in total. The second kappa shape index (κ2) is 11.9. The van der Waals surface area contributed by atoms with Crippen LogP contribution >= 0.6 is 11.8 Å². The minimum atomic E-state index is -4.75. The van der Waals surface area contributed by atoms with Gasteiger partial charge in [0, 0.05) is 23.6 Å². The summed E-state index contributed by atoms with van der Waals surface area (Å²) in [5.41, 5.74) is 0.340. The number of alkyl halides is 3. The Balaban J connectivity index is 2.00. The van der Waals surface area contributed by atoms with Crippen LogP contribution in [0.3, 0.4) is 0 Å². The Kier molecular flexibility index (Phi) is 8.93. The molecule has 2 amide bonds. The third-order valence-electron chi connectivity index (χ3n) is 5.54. The second-order valence-corrected chi connectivity index (χ2v) is 9.08. The molecule has 0 bridgehead atoms. The van der Waals surface area contributed by atoms with E-state index in [9.17, 15) is 32.7 Å². The van der Waals surface area contributed by atoms with Crippen LogP contribution in [0.1, 0.15) is 38.3 Å². The van der Waals surface area contributed by atoms with Crippen molar-refractivity contribution in [3.8, 4) is 11.1 Å². The lowest BCUT2D eigenvalue weighted by Gasteiger charge is -2.18. The first-order valence-electron chi connectivity index (χ1n) is 11.1. The molecule has 1 atom stereocenters. The van der Waals surface area contributed by atoms with Crippen molar-refractivity contribution < 1.29 is 32.7 Å². The number of anilines is 1. The molecule has 0 aliphatic heterocycles. The number of carbonyl (C=O) groups is 3. The summed E-state index contributed by atoms with van der Waals surface area (Å²) in [6.07, 6.45) is -0.910. The number of hydrogen-bond acceptors (Lipinski definition) is 5. The maximum Gasteiger partial charge on any atom is 0.417 e. The van der Waals surface area contributed by atoms with Gasteiger partial charge in [0.05, 0.1) is 11.1 Å². The van der Waals surface area contributed by atoms with Crippen LogP contribution in [-0.4, -0.2) is 45.9 Å². The van der Waals surface area contributed by atoms with E-state index in [1.807, 2.05) is 19.2 Å². The first kappa shape index (κ1) is 27.7. The van der Waals surface area contributed by atoms with Crippen LogP contribution in [0.4, 0.5) is 18.9 Å². The molecule has 194 valence electrons. The van der Waals surface area contributed by atoms with Gasteiger partial charge in [-0.2, -0.15) is 24.9 Å². The van der Waals surface area contributed by atoms with E-state index in [-0.39, 0.29) is 17.7 Å². The maximum absolute atomic E-state index is 13.4. The van der Waals surface area contributed by atoms with Crippen molar-refractivity contribution in [3.05, 3.63) is 83.2 Å². The Morgan fingerprint density at radius 3 is 2.41 bits per heavy atom. The molecule has 0 radical (unpaired) electrons. The van der Waals surface area contributed by atoms with Gasteiger partial charge in [-0.05, 0) is 66.3 Å². The summed E-state index contributed by atoms with van der Waals surface area (Å²) in [4.78, 5) is 41.1. The van der Waals surface area contributed by atoms with Crippen molar-refractivity contribution in [1.29, 1.82) is 0 Å². The Bertz CT molecular complexity index is 1310. The van der Waals surface area contributed by atoms with Gasteiger partial charge in [0.15, 0.2) is 0 Å². The summed E-state index contributed by atoms with van der Waals surface area (Å²) in [6.45, 7) is 1.81. The van der Waals surface area contributed by atoms with E-state index < -0.39 is 41.1 Å². The topological polar surface area (TPSA) is 108 Å². The van der Waals surface area contributed by atoms with Crippen molar-refractivity contribution in [3.63, 3.8) is 0 Å². The van der Waals surface area contributed by atoms with Crippen LogP contribution in [0.25, 0.3) is 11.1 Å². The number of rotatable bonds is 9. The highest BCUT2D eigenvalue weighted by molar-refractivity contribution is 7.98. The Morgan fingerprint density at radius 2 is 1.76 bits per heavy atom. The molecule has 3 N–H and O–H groups in total. The smallest absolute Gasteiger partial charge is 0.417 e. The zero-order valence-electron chi connectivity index (χ0n) is 19.9. The summed E-state index contributed by atoms with van der Waals surface area (Å²) in [5, 5.41) is 14.5. The zero-order chi connectivity index (χ0) is 27.2. The minimum absolute atomic E-state index is 0.147. The average Bonchev–Trinajstić information content (AvgIpc) is 2.86. The molecule has 2 aromatic carbocycles.